The van der Waals surface area contributed by atoms with Crippen LogP contribution in [0.25, 0.3) is 0 Å². The van der Waals surface area contributed by atoms with E-state index in [1.165, 1.54) is 11.3 Å². The molecular formula is C37H39N5O5S. The summed E-state index contributed by atoms with van der Waals surface area (Å²) in [5.41, 5.74) is 3.83. The number of esters is 1. The molecule has 2 saturated heterocycles. The van der Waals surface area contributed by atoms with Crippen molar-refractivity contribution in [1.29, 1.82) is 0 Å². The number of hydrogen-bond acceptors (Lipinski definition) is 9. The number of ether oxygens (including phenoxy) is 2. The summed E-state index contributed by atoms with van der Waals surface area (Å²) in [5.74, 6) is -0.0747. The minimum Gasteiger partial charge on any atom is -0.462 e. The summed E-state index contributed by atoms with van der Waals surface area (Å²) in [4.78, 5) is 54.9. The predicted octanol–water partition coefficient (Wildman–Crippen LogP) is 6.11. The number of pyridine rings is 1. The molecule has 0 aliphatic carbocycles. The lowest BCUT2D eigenvalue weighted by atomic mass is 9.73. The van der Waals surface area contributed by atoms with E-state index >= 15 is 0 Å². The summed E-state index contributed by atoms with van der Waals surface area (Å²) in [6.07, 6.45) is 10.2. The van der Waals surface area contributed by atoms with Crippen molar-refractivity contribution in [3.63, 3.8) is 0 Å². The molecule has 4 aliphatic heterocycles. The number of hydrogen-bond donors (Lipinski definition) is 1. The van der Waals surface area contributed by atoms with Crippen LogP contribution in [0.3, 0.4) is 0 Å². The van der Waals surface area contributed by atoms with E-state index in [-0.39, 0.29) is 28.6 Å². The first kappa shape index (κ1) is 32.0. The Balaban J connectivity index is 1.09. The zero-order valence-electron chi connectivity index (χ0n) is 27.5. The minimum absolute atomic E-state index is 0.167. The fourth-order valence-electron chi connectivity index (χ4n) is 6.81. The fourth-order valence-corrected chi connectivity index (χ4v) is 7.92. The van der Waals surface area contributed by atoms with Crippen LogP contribution in [0.5, 0.6) is 0 Å². The van der Waals surface area contributed by atoms with Crippen molar-refractivity contribution < 1.29 is 23.9 Å². The molecule has 2 fully saturated rings. The largest absolute Gasteiger partial charge is 0.462 e. The molecular weight excluding hydrogens is 627 g/mol. The van der Waals surface area contributed by atoms with E-state index in [0.717, 1.165) is 49.6 Å². The highest BCUT2D eigenvalue weighted by molar-refractivity contribution is 7.16. The lowest BCUT2D eigenvalue weighted by molar-refractivity contribution is -0.000512. The maximum absolute atomic E-state index is 14.1. The Morgan fingerprint density at radius 1 is 1.08 bits per heavy atom. The summed E-state index contributed by atoms with van der Waals surface area (Å²) in [5, 5.41) is 3.00. The average molecular weight is 666 g/mol. The standard InChI is InChI=1S/C37H39N5O5S/c1-4-47-35(45)29-20-25-11-17-42(28-21-36(2,3)12-16-38-30(28)31(25)48-29)34(44)24-7-9-26(10-8-24)40-33(43)27-6-5-15-39-32(27)41-22-37(23-41)13-18-46-19-14-37/h5-10,12,15-16,20-21H,4,11,13-14,17-19,22-23H2,1-3H3,(H,40,43). The second-order valence-electron chi connectivity index (χ2n) is 13.4. The number of nitrogens with one attached hydrogen (secondary N) is 1. The normalized spacial score (nSPS) is 19.1. The van der Waals surface area contributed by atoms with Gasteiger partial charge in [-0.15, -0.1) is 11.3 Å². The number of carbonyl (C=O) groups excluding carboxylic acids is 3. The Labute approximate surface area is 284 Å². The number of aliphatic imine (C=N–C) groups is 1. The lowest BCUT2D eigenvalue weighted by Gasteiger charge is -2.53. The number of benzene rings is 1. The van der Waals surface area contributed by atoms with Crippen molar-refractivity contribution in [2.75, 3.05) is 49.7 Å². The second-order valence-corrected chi connectivity index (χ2v) is 14.5. The number of aromatic nitrogens is 1. The van der Waals surface area contributed by atoms with Gasteiger partial charge in [0.25, 0.3) is 11.8 Å². The lowest BCUT2D eigenvalue weighted by Crippen LogP contribution is -2.59. The zero-order valence-corrected chi connectivity index (χ0v) is 28.3. The number of nitrogens with zero attached hydrogens (tertiary/aromatic N) is 4. The van der Waals surface area contributed by atoms with Crippen LogP contribution in [0.4, 0.5) is 11.5 Å². The van der Waals surface area contributed by atoms with Crippen LogP contribution >= 0.6 is 11.3 Å². The maximum Gasteiger partial charge on any atom is 0.348 e. The number of allylic oxidation sites excluding steroid dienone is 3. The van der Waals surface area contributed by atoms with E-state index in [4.69, 9.17) is 14.5 Å². The predicted molar refractivity (Wildman–Crippen MR) is 186 cm³/mol. The molecule has 0 saturated carbocycles. The van der Waals surface area contributed by atoms with E-state index in [2.05, 4.69) is 35.1 Å². The number of thiophene rings is 1. The first-order valence-corrected chi connectivity index (χ1v) is 17.3. The van der Waals surface area contributed by atoms with Gasteiger partial charge in [0.05, 0.1) is 22.7 Å². The van der Waals surface area contributed by atoms with Crippen molar-refractivity contribution in [2.45, 2.75) is 40.0 Å². The molecule has 0 radical (unpaired) electrons. The van der Waals surface area contributed by atoms with Crippen molar-refractivity contribution in [2.24, 2.45) is 15.8 Å². The quantitative estimate of drug-likeness (QED) is 0.316. The molecule has 0 atom stereocenters. The van der Waals surface area contributed by atoms with Crippen molar-refractivity contribution in [1.82, 2.24) is 9.88 Å². The topological polar surface area (TPSA) is 113 Å². The van der Waals surface area contributed by atoms with Gasteiger partial charge in [0.2, 0.25) is 0 Å². The SMILES string of the molecule is CCOC(=O)c1cc2c(s1)C1=NC=CC(C)(C)C=C1N(C(=O)c1ccc(NC(=O)c3cccnc3N3CC4(CCOCC4)C3)cc1)CC2. The Kier molecular flexibility index (Phi) is 8.51. The monoisotopic (exact) mass is 665 g/mol. The summed E-state index contributed by atoms with van der Waals surface area (Å²) in [6.45, 7) is 9.96. The molecule has 11 heteroatoms. The third-order valence-corrected chi connectivity index (χ3v) is 10.6. The Morgan fingerprint density at radius 3 is 2.60 bits per heavy atom. The molecule has 3 aromatic rings. The van der Waals surface area contributed by atoms with E-state index in [9.17, 15) is 14.4 Å². The van der Waals surface area contributed by atoms with E-state index in [1.54, 1.807) is 60.6 Å². The molecule has 1 spiro atoms. The minimum atomic E-state index is -0.356. The van der Waals surface area contributed by atoms with Gasteiger partial charge in [0, 0.05) is 67.3 Å². The van der Waals surface area contributed by atoms with Gasteiger partial charge in [-0.05, 0) is 80.3 Å². The summed E-state index contributed by atoms with van der Waals surface area (Å²) < 4.78 is 10.8. The van der Waals surface area contributed by atoms with Crippen LogP contribution < -0.4 is 10.2 Å². The van der Waals surface area contributed by atoms with Crippen LogP contribution in [-0.4, -0.2) is 72.8 Å². The van der Waals surface area contributed by atoms with Gasteiger partial charge < -0.3 is 24.6 Å². The van der Waals surface area contributed by atoms with Gasteiger partial charge in [0.1, 0.15) is 16.4 Å². The van der Waals surface area contributed by atoms with Gasteiger partial charge in [-0.25, -0.2) is 9.78 Å². The van der Waals surface area contributed by atoms with Crippen LogP contribution in [0.15, 0.2) is 77.7 Å². The van der Waals surface area contributed by atoms with Gasteiger partial charge in [0.15, 0.2) is 0 Å². The highest BCUT2D eigenvalue weighted by atomic mass is 32.1. The Bertz CT molecular complexity index is 1840. The number of amides is 2. The third-order valence-electron chi connectivity index (χ3n) is 9.43. The van der Waals surface area contributed by atoms with Crippen LogP contribution in [0, 0.1) is 10.8 Å². The molecule has 4 aliphatic rings. The highest BCUT2D eigenvalue weighted by Crippen LogP contribution is 2.42. The molecule has 0 bridgehead atoms. The average Bonchev–Trinajstić information content (AvgIpc) is 3.36. The first-order chi connectivity index (χ1) is 23.2. The van der Waals surface area contributed by atoms with E-state index in [1.807, 2.05) is 12.1 Å². The molecule has 2 amide bonds. The molecule has 2 aromatic heterocycles. The number of fused-ring (bicyclic) bond motifs is 3. The number of anilines is 2. The molecule has 1 N–H and O–H groups in total. The summed E-state index contributed by atoms with van der Waals surface area (Å²) >= 11 is 1.35. The molecule has 7 rings (SSSR count). The molecule has 10 nitrogen and oxygen atoms in total. The second kappa shape index (κ2) is 12.8. The molecule has 248 valence electrons. The zero-order chi connectivity index (χ0) is 33.5. The van der Waals surface area contributed by atoms with Gasteiger partial charge >= 0.3 is 5.97 Å². The molecule has 1 aromatic carbocycles. The van der Waals surface area contributed by atoms with Gasteiger partial charge in [-0.2, -0.15) is 0 Å². The number of carbonyl (C=O) groups is 3. The van der Waals surface area contributed by atoms with Crippen LogP contribution in [0.2, 0.25) is 0 Å². The maximum atomic E-state index is 14.1. The smallest absolute Gasteiger partial charge is 0.348 e. The van der Waals surface area contributed by atoms with Crippen molar-refractivity contribution in [3.05, 3.63) is 99.2 Å². The van der Waals surface area contributed by atoms with Crippen LogP contribution in [-0.2, 0) is 15.9 Å². The molecule has 0 unspecified atom stereocenters. The Hall–Kier alpha value is -4.61. The first-order valence-electron chi connectivity index (χ1n) is 16.5. The summed E-state index contributed by atoms with van der Waals surface area (Å²) in [6, 6.07) is 12.4. The molecule has 48 heavy (non-hydrogen) atoms. The van der Waals surface area contributed by atoms with Gasteiger partial charge in [-0.1, -0.05) is 19.9 Å². The van der Waals surface area contributed by atoms with E-state index in [0.29, 0.717) is 58.5 Å². The van der Waals surface area contributed by atoms with Crippen molar-refractivity contribution in [3.8, 4) is 0 Å². The van der Waals surface area contributed by atoms with Gasteiger partial charge in [-0.3, -0.25) is 14.6 Å². The highest BCUT2D eigenvalue weighted by Gasteiger charge is 2.45. The third kappa shape index (κ3) is 6.20. The van der Waals surface area contributed by atoms with Crippen molar-refractivity contribution >= 4 is 46.3 Å². The Morgan fingerprint density at radius 2 is 1.85 bits per heavy atom. The summed E-state index contributed by atoms with van der Waals surface area (Å²) in [7, 11) is 0. The van der Waals surface area contributed by atoms with E-state index < -0.39 is 0 Å². The number of rotatable bonds is 6. The molecule has 6 heterocycles. The van der Waals surface area contributed by atoms with Crippen LogP contribution in [0.1, 0.15) is 74.4 Å². The fraction of sp³-hybridized carbons (Fsp3) is 0.378.